The zero-order valence-electron chi connectivity index (χ0n) is 27.7. The molecule has 0 saturated carbocycles. The van der Waals surface area contributed by atoms with Crippen LogP contribution in [0.25, 0.3) is 0 Å². The van der Waals surface area contributed by atoms with Crippen LogP contribution < -0.4 is 31.9 Å². The normalized spacial score (nSPS) is 28.6. The van der Waals surface area contributed by atoms with Crippen molar-refractivity contribution in [2.24, 2.45) is 15.0 Å². The predicted octanol–water partition coefficient (Wildman–Crippen LogP) is 4.05. The summed E-state index contributed by atoms with van der Waals surface area (Å²) in [6.45, 7) is 31.6. The van der Waals surface area contributed by atoms with Gasteiger partial charge in [-0.05, 0) is 128 Å². The standard InChI is InChI=1S/C31H61N9/c1-26(2)14-21(15-27(3,4)38-26)33-20-34-25(36-23-18-30(9,10)40-31(11,12)19-23)37-24(32-13)35-22-16-28(5,6)39-29(7,8)17-22/h21-23,33,38-40H,13-20H2,1-12H3,(H2,34,35,36,37). The molecule has 9 nitrogen and oxygen atoms in total. The molecule has 0 aliphatic carbocycles. The lowest BCUT2D eigenvalue weighted by atomic mass is 9.79. The molecule has 0 atom stereocenters. The van der Waals surface area contributed by atoms with Gasteiger partial charge in [0, 0.05) is 45.3 Å². The maximum absolute atomic E-state index is 5.05. The van der Waals surface area contributed by atoms with E-state index in [0.717, 1.165) is 38.5 Å². The Morgan fingerprint density at radius 2 is 1.05 bits per heavy atom. The third kappa shape index (κ3) is 10.4. The Hall–Kier alpha value is -1.55. The maximum atomic E-state index is 5.05. The fourth-order valence-corrected chi connectivity index (χ4v) is 8.21. The van der Waals surface area contributed by atoms with Crippen LogP contribution in [0.3, 0.4) is 0 Å². The number of aliphatic imine (C=N–C) groups is 3. The van der Waals surface area contributed by atoms with Crippen molar-refractivity contribution in [3.05, 3.63) is 0 Å². The predicted molar refractivity (Wildman–Crippen MR) is 172 cm³/mol. The topological polar surface area (TPSA) is 109 Å². The summed E-state index contributed by atoms with van der Waals surface area (Å²) in [5.41, 5.74) is 0.215. The van der Waals surface area contributed by atoms with E-state index in [9.17, 15) is 0 Å². The van der Waals surface area contributed by atoms with Gasteiger partial charge in [-0.2, -0.15) is 0 Å². The second-order valence-corrected chi connectivity index (χ2v) is 16.7. The van der Waals surface area contributed by atoms with Crippen molar-refractivity contribution in [1.29, 1.82) is 0 Å². The first-order valence-electron chi connectivity index (χ1n) is 15.3. The number of guanidine groups is 2. The lowest BCUT2D eigenvalue weighted by Crippen LogP contribution is -2.63. The lowest BCUT2D eigenvalue weighted by Gasteiger charge is -2.47. The third-order valence-electron chi connectivity index (χ3n) is 8.19. The summed E-state index contributed by atoms with van der Waals surface area (Å²) in [6, 6.07) is 0.796. The van der Waals surface area contributed by atoms with Crippen molar-refractivity contribution in [1.82, 2.24) is 31.9 Å². The van der Waals surface area contributed by atoms with E-state index >= 15 is 0 Å². The Bertz CT molecular complexity index is 910. The van der Waals surface area contributed by atoms with Crippen LogP contribution in [0.2, 0.25) is 0 Å². The van der Waals surface area contributed by atoms with E-state index in [1.54, 1.807) is 0 Å². The van der Waals surface area contributed by atoms with Crippen molar-refractivity contribution in [3.8, 4) is 0 Å². The van der Waals surface area contributed by atoms with Gasteiger partial charge in [-0.15, -0.1) is 0 Å². The Morgan fingerprint density at radius 1 is 0.650 bits per heavy atom. The number of hydrogen-bond acceptors (Lipinski definition) is 6. The maximum Gasteiger partial charge on any atom is 0.224 e. The summed E-state index contributed by atoms with van der Waals surface area (Å²) in [5.74, 6) is 1.23. The lowest BCUT2D eigenvalue weighted by molar-refractivity contribution is 0.147. The van der Waals surface area contributed by atoms with Gasteiger partial charge < -0.3 is 21.3 Å². The van der Waals surface area contributed by atoms with Crippen molar-refractivity contribution >= 4 is 18.6 Å². The molecule has 0 aromatic rings. The zero-order chi connectivity index (χ0) is 30.2. The molecule has 0 amide bonds. The van der Waals surface area contributed by atoms with Gasteiger partial charge in [-0.25, -0.2) is 15.0 Å². The van der Waals surface area contributed by atoms with Gasteiger partial charge in [0.2, 0.25) is 5.96 Å². The Labute approximate surface area is 245 Å². The van der Waals surface area contributed by atoms with E-state index in [2.05, 4.69) is 127 Å². The summed E-state index contributed by atoms with van der Waals surface area (Å²) >= 11 is 0. The molecule has 0 unspecified atom stereocenters. The van der Waals surface area contributed by atoms with Gasteiger partial charge in [0.05, 0.1) is 12.7 Å². The SMILES string of the molecule is C=NC(=NC1CC(C)(C)NC(C)(C)C1)N/C(=N\CNC1CC(C)(C)NC(C)(C)C1)NC1CC(C)(C)NC(C)(C)C1. The molecule has 0 aromatic carbocycles. The molecule has 3 fully saturated rings. The van der Waals surface area contributed by atoms with Crippen LogP contribution in [0.15, 0.2) is 15.0 Å². The Balaban J connectivity index is 1.79. The highest BCUT2D eigenvalue weighted by atomic mass is 15.3. The smallest absolute Gasteiger partial charge is 0.224 e. The minimum absolute atomic E-state index is 0.00392. The highest BCUT2D eigenvalue weighted by molar-refractivity contribution is 6.00. The first-order valence-corrected chi connectivity index (χ1v) is 15.3. The molecule has 0 bridgehead atoms. The molecule has 6 N–H and O–H groups in total. The third-order valence-corrected chi connectivity index (χ3v) is 8.19. The number of rotatable bonds is 5. The zero-order valence-corrected chi connectivity index (χ0v) is 27.7. The highest BCUT2D eigenvalue weighted by Gasteiger charge is 2.40. The second kappa shape index (κ2) is 11.6. The van der Waals surface area contributed by atoms with Crippen LogP contribution >= 0.6 is 0 Å². The molecule has 0 spiro atoms. The first-order chi connectivity index (χ1) is 18.1. The van der Waals surface area contributed by atoms with E-state index in [1.165, 1.54) is 0 Å². The first kappa shape index (κ1) is 33.0. The summed E-state index contributed by atoms with van der Waals surface area (Å²) in [6.07, 6.45) is 5.98. The van der Waals surface area contributed by atoms with E-state index < -0.39 is 0 Å². The van der Waals surface area contributed by atoms with E-state index in [4.69, 9.17) is 9.98 Å². The van der Waals surface area contributed by atoms with E-state index in [-0.39, 0.29) is 45.3 Å². The van der Waals surface area contributed by atoms with Crippen LogP contribution in [0.1, 0.15) is 122 Å². The Kier molecular flexibility index (Phi) is 9.57. The van der Waals surface area contributed by atoms with Gasteiger partial charge in [0.15, 0.2) is 5.96 Å². The number of nitrogens with one attached hydrogen (secondary N) is 6. The van der Waals surface area contributed by atoms with E-state index in [1.807, 2.05) is 0 Å². The summed E-state index contributed by atoms with van der Waals surface area (Å²) in [5, 5.41) is 22.2. The van der Waals surface area contributed by atoms with Gasteiger partial charge in [0.25, 0.3) is 0 Å². The van der Waals surface area contributed by atoms with Gasteiger partial charge in [-0.3, -0.25) is 10.6 Å². The minimum Gasteiger partial charge on any atom is -0.353 e. The number of piperidine rings is 3. The highest BCUT2D eigenvalue weighted by Crippen LogP contribution is 2.31. The van der Waals surface area contributed by atoms with Crippen LogP contribution in [0.5, 0.6) is 0 Å². The van der Waals surface area contributed by atoms with Crippen LogP contribution in [0.4, 0.5) is 0 Å². The van der Waals surface area contributed by atoms with Crippen molar-refractivity contribution in [3.63, 3.8) is 0 Å². The summed E-state index contributed by atoms with van der Waals surface area (Å²) in [4.78, 5) is 14.4. The number of hydrogen-bond donors (Lipinski definition) is 6. The Morgan fingerprint density at radius 3 is 1.48 bits per heavy atom. The fourth-order valence-electron chi connectivity index (χ4n) is 8.21. The van der Waals surface area contributed by atoms with Gasteiger partial charge >= 0.3 is 0 Å². The minimum atomic E-state index is 0.00392. The molecule has 3 heterocycles. The molecule has 3 rings (SSSR count). The average Bonchev–Trinajstić information content (AvgIpc) is 2.65. The average molecular weight is 560 g/mol. The van der Waals surface area contributed by atoms with Crippen LogP contribution in [-0.2, 0) is 0 Å². The van der Waals surface area contributed by atoms with Crippen LogP contribution in [-0.4, -0.2) is 76.7 Å². The van der Waals surface area contributed by atoms with Crippen molar-refractivity contribution in [2.45, 2.75) is 173 Å². The molecule has 3 aliphatic heterocycles. The van der Waals surface area contributed by atoms with Crippen molar-refractivity contribution in [2.75, 3.05) is 6.67 Å². The molecular formula is C31H61N9. The fraction of sp³-hybridized carbons (Fsp3) is 0.903. The van der Waals surface area contributed by atoms with Gasteiger partial charge in [0.1, 0.15) is 0 Å². The molecule has 40 heavy (non-hydrogen) atoms. The summed E-state index contributed by atoms with van der Waals surface area (Å²) in [7, 11) is 0. The van der Waals surface area contributed by atoms with Gasteiger partial charge in [-0.1, -0.05) is 0 Å². The quantitative estimate of drug-likeness (QED) is 0.224. The second-order valence-electron chi connectivity index (χ2n) is 16.7. The molecule has 0 aromatic heterocycles. The largest absolute Gasteiger partial charge is 0.353 e. The number of nitrogens with zero attached hydrogens (tertiary/aromatic N) is 3. The molecule has 230 valence electrons. The molecule has 3 aliphatic rings. The van der Waals surface area contributed by atoms with Crippen LogP contribution in [0, 0.1) is 0 Å². The molecular weight excluding hydrogens is 498 g/mol. The molecule has 9 heteroatoms. The van der Waals surface area contributed by atoms with E-state index in [0.29, 0.717) is 24.6 Å². The monoisotopic (exact) mass is 560 g/mol. The molecule has 3 saturated heterocycles. The molecule has 0 radical (unpaired) electrons. The van der Waals surface area contributed by atoms with Crippen molar-refractivity contribution < 1.29 is 0 Å². The summed E-state index contributed by atoms with van der Waals surface area (Å²) < 4.78 is 0.